The van der Waals surface area contributed by atoms with E-state index < -0.39 is 11.9 Å². The number of halogens is 1. The zero-order valence-electron chi connectivity index (χ0n) is 11.1. The molecule has 1 aromatic heterocycles. The summed E-state index contributed by atoms with van der Waals surface area (Å²) in [6.07, 6.45) is 2.28. The van der Waals surface area contributed by atoms with Crippen molar-refractivity contribution in [2.45, 2.75) is 32.7 Å². The van der Waals surface area contributed by atoms with Crippen LogP contribution in [0.4, 0.5) is 4.39 Å². The number of rotatable bonds is 6. The van der Waals surface area contributed by atoms with Gasteiger partial charge in [-0.15, -0.1) is 0 Å². The fraction of sp³-hybridized carbons (Fsp3) is 0.462. The smallest absolute Gasteiger partial charge is 0.251 e. The molecule has 0 aromatic carbocycles. The lowest BCUT2D eigenvalue weighted by molar-refractivity contribution is -0.121. The van der Waals surface area contributed by atoms with Gasteiger partial charge in [-0.1, -0.05) is 6.92 Å². The normalized spacial score (nSPS) is 11.7. The third kappa shape index (κ3) is 5.46. The first kappa shape index (κ1) is 15.1. The predicted octanol–water partition coefficient (Wildman–Crippen LogP) is 1.26. The number of aromatic nitrogens is 1. The SMILES string of the molecule is CCC(C)NC(=O)CCNC(=O)c1ccnc(F)c1. The van der Waals surface area contributed by atoms with Gasteiger partial charge in [-0.25, -0.2) is 4.98 Å². The van der Waals surface area contributed by atoms with Gasteiger partial charge < -0.3 is 10.6 Å². The molecule has 1 unspecified atom stereocenters. The van der Waals surface area contributed by atoms with E-state index in [4.69, 9.17) is 0 Å². The van der Waals surface area contributed by atoms with E-state index in [0.29, 0.717) is 0 Å². The molecule has 0 radical (unpaired) electrons. The minimum atomic E-state index is -0.706. The van der Waals surface area contributed by atoms with Gasteiger partial charge in [0.05, 0.1) is 0 Å². The van der Waals surface area contributed by atoms with Gasteiger partial charge in [0, 0.05) is 36.8 Å². The fourth-order valence-electron chi connectivity index (χ4n) is 1.38. The molecule has 0 bridgehead atoms. The molecule has 0 fully saturated rings. The van der Waals surface area contributed by atoms with Crippen LogP contribution in [0.25, 0.3) is 0 Å². The van der Waals surface area contributed by atoms with Crippen LogP contribution in [0.5, 0.6) is 0 Å². The maximum Gasteiger partial charge on any atom is 0.251 e. The van der Waals surface area contributed by atoms with Gasteiger partial charge in [-0.3, -0.25) is 9.59 Å². The van der Waals surface area contributed by atoms with Crippen LogP contribution < -0.4 is 10.6 Å². The lowest BCUT2D eigenvalue weighted by Crippen LogP contribution is -2.35. The van der Waals surface area contributed by atoms with Crippen molar-refractivity contribution in [2.24, 2.45) is 0 Å². The topological polar surface area (TPSA) is 71.1 Å². The van der Waals surface area contributed by atoms with Crippen molar-refractivity contribution in [3.63, 3.8) is 0 Å². The van der Waals surface area contributed by atoms with Crippen LogP contribution >= 0.6 is 0 Å². The van der Waals surface area contributed by atoms with E-state index in [1.165, 1.54) is 12.3 Å². The second-order valence-corrected chi connectivity index (χ2v) is 4.25. The highest BCUT2D eigenvalue weighted by Gasteiger charge is 2.08. The summed E-state index contributed by atoms with van der Waals surface area (Å²) in [7, 11) is 0. The molecular weight excluding hydrogens is 249 g/mol. The fourth-order valence-corrected chi connectivity index (χ4v) is 1.38. The van der Waals surface area contributed by atoms with Crippen molar-refractivity contribution in [3.05, 3.63) is 29.8 Å². The minimum absolute atomic E-state index is 0.115. The molecule has 1 atom stereocenters. The van der Waals surface area contributed by atoms with Crippen LogP contribution in [-0.2, 0) is 4.79 Å². The number of hydrogen-bond donors (Lipinski definition) is 2. The van der Waals surface area contributed by atoms with Crippen LogP contribution in [0, 0.1) is 5.95 Å². The van der Waals surface area contributed by atoms with Crippen LogP contribution in [0.15, 0.2) is 18.3 Å². The molecule has 0 aliphatic heterocycles. The Kier molecular flexibility index (Phi) is 5.92. The second kappa shape index (κ2) is 7.45. The van der Waals surface area contributed by atoms with E-state index in [9.17, 15) is 14.0 Å². The van der Waals surface area contributed by atoms with Gasteiger partial charge in [0.15, 0.2) is 0 Å². The van der Waals surface area contributed by atoms with E-state index in [1.54, 1.807) is 0 Å². The number of carbonyl (C=O) groups is 2. The van der Waals surface area contributed by atoms with E-state index in [2.05, 4.69) is 15.6 Å². The average molecular weight is 267 g/mol. The Balaban J connectivity index is 2.33. The predicted molar refractivity (Wildman–Crippen MR) is 69.0 cm³/mol. The quantitative estimate of drug-likeness (QED) is 0.762. The number of hydrogen-bond acceptors (Lipinski definition) is 3. The van der Waals surface area contributed by atoms with Gasteiger partial charge >= 0.3 is 0 Å². The molecule has 0 saturated heterocycles. The van der Waals surface area contributed by atoms with Gasteiger partial charge in [0.25, 0.3) is 5.91 Å². The third-order valence-electron chi connectivity index (χ3n) is 2.65. The molecule has 0 aliphatic rings. The van der Waals surface area contributed by atoms with Gasteiger partial charge in [0.2, 0.25) is 11.9 Å². The molecule has 0 spiro atoms. The highest BCUT2D eigenvalue weighted by molar-refractivity contribution is 5.94. The van der Waals surface area contributed by atoms with Crippen molar-refractivity contribution in [2.75, 3.05) is 6.54 Å². The average Bonchev–Trinajstić information content (AvgIpc) is 2.38. The molecule has 2 N–H and O–H groups in total. The van der Waals surface area contributed by atoms with Gasteiger partial charge in [0.1, 0.15) is 0 Å². The van der Waals surface area contributed by atoms with E-state index in [1.807, 2.05) is 13.8 Å². The maximum absolute atomic E-state index is 12.8. The molecule has 104 valence electrons. The first-order valence-corrected chi connectivity index (χ1v) is 6.22. The van der Waals surface area contributed by atoms with Crippen molar-refractivity contribution in [1.29, 1.82) is 0 Å². The molecular formula is C13H18FN3O2. The van der Waals surface area contributed by atoms with Crippen molar-refractivity contribution in [1.82, 2.24) is 15.6 Å². The Labute approximate surface area is 111 Å². The lowest BCUT2D eigenvalue weighted by Gasteiger charge is -2.11. The molecule has 1 aromatic rings. The van der Waals surface area contributed by atoms with E-state index in [-0.39, 0.29) is 30.5 Å². The number of nitrogens with one attached hydrogen (secondary N) is 2. The van der Waals surface area contributed by atoms with Crippen LogP contribution in [0.1, 0.15) is 37.0 Å². The van der Waals surface area contributed by atoms with Gasteiger partial charge in [-0.05, 0) is 19.4 Å². The number of pyridine rings is 1. The molecule has 1 heterocycles. The zero-order valence-corrected chi connectivity index (χ0v) is 11.1. The highest BCUT2D eigenvalue weighted by atomic mass is 19.1. The summed E-state index contributed by atoms with van der Waals surface area (Å²) in [5.74, 6) is -1.24. The Hall–Kier alpha value is -1.98. The highest BCUT2D eigenvalue weighted by Crippen LogP contribution is 2.00. The van der Waals surface area contributed by atoms with Crippen LogP contribution in [-0.4, -0.2) is 29.4 Å². The Morgan fingerprint density at radius 1 is 1.47 bits per heavy atom. The van der Waals surface area contributed by atoms with Crippen molar-refractivity contribution in [3.8, 4) is 0 Å². The monoisotopic (exact) mass is 267 g/mol. The second-order valence-electron chi connectivity index (χ2n) is 4.25. The molecule has 19 heavy (non-hydrogen) atoms. The summed E-state index contributed by atoms with van der Waals surface area (Å²) in [4.78, 5) is 26.4. The molecule has 5 nitrogen and oxygen atoms in total. The molecule has 2 amide bonds. The minimum Gasteiger partial charge on any atom is -0.354 e. The van der Waals surface area contributed by atoms with Gasteiger partial charge in [-0.2, -0.15) is 4.39 Å². The summed E-state index contributed by atoms with van der Waals surface area (Å²) in [6, 6.07) is 2.59. The molecule has 6 heteroatoms. The van der Waals surface area contributed by atoms with Crippen LogP contribution in [0.2, 0.25) is 0 Å². The summed E-state index contributed by atoms with van der Waals surface area (Å²) in [5.41, 5.74) is 0.190. The standard InChI is InChI=1S/C13H18FN3O2/c1-3-9(2)17-12(18)5-7-16-13(19)10-4-6-15-11(14)8-10/h4,6,8-9H,3,5,7H2,1-2H3,(H,16,19)(H,17,18). The molecule has 0 aliphatic carbocycles. The number of nitrogens with zero attached hydrogens (tertiary/aromatic N) is 1. The summed E-state index contributed by atoms with van der Waals surface area (Å²) in [6.45, 7) is 4.10. The summed E-state index contributed by atoms with van der Waals surface area (Å²) in [5, 5.41) is 5.35. The van der Waals surface area contributed by atoms with E-state index >= 15 is 0 Å². The van der Waals surface area contributed by atoms with Crippen molar-refractivity contribution >= 4 is 11.8 Å². The number of amides is 2. The summed E-state index contributed by atoms with van der Waals surface area (Å²) < 4.78 is 12.8. The number of carbonyl (C=O) groups excluding carboxylic acids is 2. The zero-order chi connectivity index (χ0) is 14.3. The maximum atomic E-state index is 12.8. The largest absolute Gasteiger partial charge is 0.354 e. The Bertz CT molecular complexity index is 451. The first-order chi connectivity index (χ1) is 9.02. The Morgan fingerprint density at radius 3 is 2.84 bits per heavy atom. The van der Waals surface area contributed by atoms with E-state index in [0.717, 1.165) is 12.5 Å². The summed E-state index contributed by atoms with van der Waals surface area (Å²) >= 11 is 0. The third-order valence-corrected chi connectivity index (χ3v) is 2.65. The lowest BCUT2D eigenvalue weighted by atomic mass is 10.2. The van der Waals surface area contributed by atoms with Crippen LogP contribution in [0.3, 0.4) is 0 Å². The van der Waals surface area contributed by atoms with Crippen molar-refractivity contribution < 1.29 is 14.0 Å². The molecule has 0 saturated carbocycles. The molecule has 1 rings (SSSR count). The Morgan fingerprint density at radius 2 is 2.21 bits per heavy atom. The first-order valence-electron chi connectivity index (χ1n) is 6.22.